The van der Waals surface area contributed by atoms with Crippen LogP contribution in [0.5, 0.6) is 5.75 Å². The SMILES string of the molecule is COCCNC(=O)C1(c2cc(-c3cccc(OC)c3)on2)CC1. The molecule has 23 heavy (non-hydrogen) atoms. The Morgan fingerprint density at radius 1 is 1.35 bits per heavy atom. The van der Waals surface area contributed by atoms with Crippen LogP contribution in [0.2, 0.25) is 0 Å². The minimum absolute atomic E-state index is 0.0138. The molecule has 3 rings (SSSR count). The van der Waals surface area contributed by atoms with Crippen LogP contribution in [0.1, 0.15) is 18.5 Å². The summed E-state index contributed by atoms with van der Waals surface area (Å²) in [5, 5.41) is 7.01. The van der Waals surface area contributed by atoms with Crippen molar-refractivity contribution in [3.63, 3.8) is 0 Å². The summed E-state index contributed by atoms with van der Waals surface area (Å²) in [7, 11) is 3.23. The number of nitrogens with one attached hydrogen (secondary N) is 1. The number of nitrogens with zero attached hydrogens (tertiary/aromatic N) is 1. The van der Waals surface area contributed by atoms with Crippen molar-refractivity contribution in [1.29, 1.82) is 0 Å². The minimum Gasteiger partial charge on any atom is -0.497 e. The van der Waals surface area contributed by atoms with Crippen molar-refractivity contribution in [3.8, 4) is 17.1 Å². The van der Waals surface area contributed by atoms with Crippen LogP contribution in [0, 0.1) is 0 Å². The van der Waals surface area contributed by atoms with Crippen molar-refractivity contribution in [1.82, 2.24) is 10.5 Å². The second kappa shape index (κ2) is 6.42. The molecule has 1 aliphatic rings. The molecule has 0 atom stereocenters. The van der Waals surface area contributed by atoms with Gasteiger partial charge in [-0.2, -0.15) is 0 Å². The zero-order valence-corrected chi connectivity index (χ0v) is 13.3. The molecule has 1 fully saturated rings. The molecule has 1 aromatic heterocycles. The molecule has 1 N–H and O–H groups in total. The number of benzene rings is 1. The zero-order valence-electron chi connectivity index (χ0n) is 13.3. The molecule has 1 saturated carbocycles. The smallest absolute Gasteiger partial charge is 0.232 e. The second-order valence-electron chi connectivity index (χ2n) is 5.64. The number of aromatic nitrogens is 1. The van der Waals surface area contributed by atoms with Gasteiger partial charge in [0.2, 0.25) is 5.91 Å². The number of carbonyl (C=O) groups is 1. The molecule has 0 unspecified atom stereocenters. The fourth-order valence-corrected chi connectivity index (χ4v) is 2.57. The lowest BCUT2D eigenvalue weighted by Gasteiger charge is -2.11. The van der Waals surface area contributed by atoms with E-state index in [2.05, 4.69) is 10.5 Å². The summed E-state index contributed by atoms with van der Waals surface area (Å²) in [6.45, 7) is 0.993. The summed E-state index contributed by atoms with van der Waals surface area (Å²) in [5.74, 6) is 1.37. The number of amides is 1. The van der Waals surface area contributed by atoms with Crippen molar-refractivity contribution in [2.45, 2.75) is 18.3 Å². The molecule has 1 amide bonds. The average Bonchev–Trinajstić information content (AvgIpc) is 3.25. The van der Waals surface area contributed by atoms with Crippen molar-refractivity contribution in [3.05, 3.63) is 36.0 Å². The molecule has 2 aromatic rings. The molecule has 1 aromatic carbocycles. The van der Waals surface area contributed by atoms with E-state index < -0.39 is 5.41 Å². The van der Waals surface area contributed by atoms with Crippen LogP contribution in [0.4, 0.5) is 0 Å². The Morgan fingerprint density at radius 2 is 2.17 bits per heavy atom. The Labute approximate surface area is 134 Å². The van der Waals surface area contributed by atoms with Crippen molar-refractivity contribution in [2.24, 2.45) is 0 Å². The van der Waals surface area contributed by atoms with E-state index in [1.165, 1.54) is 0 Å². The molecule has 0 saturated heterocycles. The first-order valence-corrected chi connectivity index (χ1v) is 7.58. The van der Waals surface area contributed by atoms with E-state index in [0.29, 0.717) is 24.6 Å². The molecule has 122 valence electrons. The lowest BCUT2D eigenvalue weighted by atomic mass is 10.0. The molecule has 0 radical (unpaired) electrons. The first kappa shape index (κ1) is 15.6. The van der Waals surface area contributed by atoms with Gasteiger partial charge in [0.1, 0.15) is 5.75 Å². The normalized spacial score (nSPS) is 15.2. The molecule has 6 nitrogen and oxygen atoms in total. The van der Waals surface area contributed by atoms with Gasteiger partial charge in [-0.25, -0.2) is 0 Å². The Hall–Kier alpha value is -2.34. The maximum atomic E-state index is 12.4. The highest BCUT2D eigenvalue weighted by Gasteiger charge is 2.53. The molecule has 0 aliphatic heterocycles. The van der Waals surface area contributed by atoms with Crippen LogP contribution in [0.15, 0.2) is 34.9 Å². The van der Waals surface area contributed by atoms with Gasteiger partial charge in [-0.1, -0.05) is 17.3 Å². The molecule has 1 aliphatic carbocycles. The lowest BCUT2D eigenvalue weighted by Crippen LogP contribution is -2.36. The quantitative estimate of drug-likeness (QED) is 0.792. The van der Waals surface area contributed by atoms with Gasteiger partial charge in [0, 0.05) is 25.3 Å². The molecule has 6 heteroatoms. The third-order valence-corrected chi connectivity index (χ3v) is 4.13. The van der Waals surface area contributed by atoms with Crippen molar-refractivity contribution in [2.75, 3.05) is 27.4 Å². The van der Waals surface area contributed by atoms with Gasteiger partial charge in [0.15, 0.2) is 5.76 Å². The first-order valence-electron chi connectivity index (χ1n) is 7.58. The number of rotatable bonds is 7. The largest absolute Gasteiger partial charge is 0.497 e. The maximum absolute atomic E-state index is 12.4. The number of hydrogen-bond acceptors (Lipinski definition) is 5. The van der Waals surface area contributed by atoms with Crippen LogP contribution >= 0.6 is 0 Å². The topological polar surface area (TPSA) is 73.6 Å². The molecule has 1 heterocycles. The van der Waals surface area contributed by atoms with Gasteiger partial charge in [0.25, 0.3) is 0 Å². The van der Waals surface area contributed by atoms with Crippen LogP contribution in [0.25, 0.3) is 11.3 Å². The van der Waals surface area contributed by atoms with E-state index in [9.17, 15) is 4.79 Å². The third kappa shape index (κ3) is 3.07. The van der Waals surface area contributed by atoms with Gasteiger partial charge < -0.3 is 19.3 Å². The van der Waals surface area contributed by atoms with Crippen molar-refractivity contribution < 1.29 is 18.8 Å². The highest BCUT2D eigenvalue weighted by molar-refractivity contribution is 5.91. The minimum atomic E-state index is -0.547. The van der Waals surface area contributed by atoms with E-state index in [1.54, 1.807) is 14.2 Å². The number of hydrogen-bond donors (Lipinski definition) is 1. The number of methoxy groups -OCH3 is 2. The molecular weight excluding hydrogens is 296 g/mol. The lowest BCUT2D eigenvalue weighted by molar-refractivity contribution is -0.123. The summed E-state index contributed by atoms with van der Waals surface area (Å²) in [6.07, 6.45) is 1.58. The maximum Gasteiger partial charge on any atom is 0.232 e. The number of carbonyl (C=O) groups excluding carboxylic acids is 1. The van der Waals surface area contributed by atoms with E-state index in [0.717, 1.165) is 24.2 Å². The molecule has 0 spiro atoms. The van der Waals surface area contributed by atoms with Crippen LogP contribution in [0.3, 0.4) is 0 Å². The third-order valence-electron chi connectivity index (χ3n) is 4.13. The monoisotopic (exact) mass is 316 g/mol. The highest BCUT2D eigenvalue weighted by atomic mass is 16.5. The predicted octanol–water partition coefficient (Wildman–Crippen LogP) is 2.14. The highest BCUT2D eigenvalue weighted by Crippen LogP contribution is 2.48. The van der Waals surface area contributed by atoms with E-state index in [4.69, 9.17) is 14.0 Å². The second-order valence-corrected chi connectivity index (χ2v) is 5.64. The predicted molar refractivity (Wildman–Crippen MR) is 84.3 cm³/mol. The zero-order chi connectivity index (χ0) is 16.3. The van der Waals surface area contributed by atoms with Gasteiger partial charge in [-0.15, -0.1) is 0 Å². The number of ether oxygens (including phenoxy) is 2. The van der Waals surface area contributed by atoms with E-state index in [1.807, 2.05) is 30.3 Å². The van der Waals surface area contributed by atoms with Gasteiger partial charge in [0.05, 0.1) is 24.8 Å². The summed E-state index contributed by atoms with van der Waals surface area (Å²) in [4.78, 5) is 12.4. The Bertz CT molecular complexity index is 691. The first-order chi connectivity index (χ1) is 11.2. The van der Waals surface area contributed by atoms with E-state index >= 15 is 0 Å². The average molecular weight is 316 g/mol. The van der Waals surface area contributed by atoms with Gasteiger partial charge >= 0.3 is 0 Å². The summed E-state index contributed by atoms with van der Waals surface area (Å²) in [6, 6.07) is 9.40. The fourth-order valence-electron chi connectivity index (χ4n) is 2.57. The van der Waals surface area contributed by atoms with Crippen LogP contribution in [-0.4, -0.2) is 38.4 Å². The summed E-state index contributed by atoms with van der Waals surface area (Å²) < 4.78 is 15.6. The Morgan fingerprint density at radius 3 is 2.87 bits per heavy atom. The van der Waals surface area contributed by atoms with E-state index in [-0.39, 0.29) is 5.91 Å². The summed E-state index contributed by atoms with van der Waals surface area (Å²) in [5.41, 5.74) is 1.01. The van der Waals surface area contributed by atoms with Crippen LogP contribution < -0.4 is 10.1 Å². The molecule has 0 bridgehead atoms. The standard InChI is InChI=1S/C17H20N2O4/c1-21-9-8-18-16(20)17(6-7-17)15-11-14(23-19-15)12-4-3-5-13(10-12)22-2/h3-5,10-11H,6-9H2,1-2H3,(H,18,20). The fraction of sp³-hybridized carbons (Fsp3) is 0.412. The van der Waals surface area contributed by atoms with Crippen molar-refractivity contribution >= 4 is 5.91 Å². The molecular formula is C17H20N2O4. The summed E-state index contributed by atoms with van der Waals surface area (Å²) >= 11 is 0. The Balaban J connectivity index is 1.77. The van der Waals surface area contributed by atoms with Gasteiger partial charge in [-0.05, 0) is 25.0 Å². The van der Waals surface area contributed by atoms with Crippen LogP contribution in [-0.2, 0) is 14.9 Å². The van der Waals surface area contributed by atoms with Gasteiger partial charge in [-0.3, -0.25) is 4.79 Å². The Kier molecular flexibility index (Phi) is 4.34.